The second-order valence-corrected chi connectivity index (χ2v) is 9.26. The molecule has 3 rings (SSSR count). The molecule has 0 unspecified atom stereocenters. The minimum absolute atomic E-state index is 0.0268. The fourth-order valence-electron chi connectivity index (χ4n) is 2.84. The van der Waals surface area contributed by atoms with Crippen LogP contribution in [0.25, 0.3) is 21.6 Å². The van der Waals surface area contributed by atoms with E-state index in [1.165, 1.54) is 0 Å². The second-order valence-electron chi connectivity index (χ2n) is 7.95. The van der Waals surface area contributed by atoms with Crippen LogP contribution in [0, 0.1) is 0 Å². The molecule has 0 bridgehead atoms. The molecule has 0 atom stereocenters. The third-order valence-corrected chi connectivity index (χ3v) is 5.88. The second kappa shape index (κ2) is 9.16. The van der Waals surface area contributed by atoms with E-state index in [4.69, 9.17) is 16.3 Å². The number of hydrogen-bond donors (Lipinski definition) is 2. The van der Waals surface area contributed by atoms with Gasteiger partial charge in [-0.15, -0.1) is 11.3 Å². The Labute approximate surface area is 185 Å². The molecule has 1 amide bonds. The van der Waals surface area contributed by atoms with Gasteiger partial charge in [0.2, 0.25) is 0 Å². The average molecular weight is 445 g/mol. The van der Waals surface area contributed by atoms with Crippen molar-refractivity contribution >= 4 is 34.7 Å². The van der Waals surface area contributed by atoms with Gasteiger partial charge in [-0.3, -0.25) is 10.3 Å². The first-order chi connectivity index (χ1) is 14.2. The van der Waals surface area contributed by atoms with Crippen LogP contribution in [0.5, 0.6) is 0 Å². The number of thiophene rings is 1. The van der Waals surface area contributed by atoms with Crippen LogP contribution in [0.2, 0.25) is 5.02 Å². The number of aliphatic hydroxyl groups excluding tert-OH is 1. The highest BCUT2D eigenvalue weighted by Gasteiger charge is 2.21. The Balaban J connectivity index is 1.83. The predicted octanol–water partition coefficient (Wildman–Crippen LogP) is 6.36. The summed E-state index contributed by atoms with van der Waals surface area (Å²) in [5.74, 6) is 0. The molecule has 0 aliphatic heterocycles. The van der Waals surface area contributed by atoms with Crippen molar-refractivity contribution in [3.8, 4) is 21.6 Å². The van der Waals surface area contributed by atoms with Crippen LogP contribution < -0.4 is 5.32 Å². The molecule has 0 saturated heterocycles. The summed E-state index contributed by atoms with van der Waals surface area (Å²) in [6, 6.07) is 11.4. The summed E-state index contributed by atoms with van der Waals surface area (Å²) in [5.41, 5.74) is 4.01. The number of halogens is 1. The van der Waals surface area contributed by atoms with E-state index in [1.54, 1.807) is 43.5 Å². The minimum Gasteiger partial charge on any atom is -0.447 e. The van der Waals surface area contributed by atoms with Crippen molar-refractivity contribution in [2.24, 2.45) is 0 Å². The highest BCUT2D eigenvalue weighted by Crippen LogP contribution is 2.38. The normalized spacial score (nSPS) is 11.6. The lowest BCUT2D eigenvalue weighted by Gasteiger charge is -2.21. The summed E-state index contributed by atoms with van der Waals surface area (Å²) >= 11 is 8.08. The van der Waals surface area contributed by atoms with Gasteiger partial charge in [-0.25, -0.2) is 4.79 Å². The first-order valence-electron chi connectivity index (χ1n) is 9.63. The smallest absolute Gasteiger partial charge is 0.411 e. The standard InChI is InChI=1S/C23H25ClN2O3S/c1-14(2)29-22(28)26-17-5-6-18(19(24)11-17)20-9-16(12-30-20)15-7-8-25-21(10-15)23(3,4)13-27/h5-12,14,27H,13H2,1-4H3,(H,26,28). The summed E-state index contributed by atoms with van der Waals surface area (Å²) in [6.07, 6.45) is 1.07. The van der Waals surface area contributed by atoms with Crippen molar-refractivity contribution in [2.75, 3.05) is 11.9 Å². The molecule has 0 fully saturated rings. The van der Waals surface area contributed by atoms with Crippen LogP contribution in [0.4, 0.5) is 10.5 Å². The van der Waals surface area contributed by atoms with E-state index in [-0.39, 0.29) is 12.7 Å². The molecule has 0 saturated carbocycles. The molecule has 2 N–H and O–H groups in total. The maximum absolute atomic E-state index is 11.8. The number of ether oxygens (including phenoxy) is 1. The number of carbonyl (C=O) groups excluding carboxylic acids is 1. The molecule has 5 nitrogen and oxygen atoms in total. The van der Waals surface area contributed by atoms with Crippen LogP contribution in [-0.2, 0) is 10.2 Å². The summed E-state index contributed by atoms with van der Waals surface area (Å²) in [7, 11) is 0. The molecule has 0 aliphatic carbocycles. The van der Waals surface area contributed by atoms with Crippen molar-refractivity contribution in [3.05, 3.63) is 58.7 Å². The molecular formula is C23H25ClN2O3S. The van der Waals surface area contributed by atoms with Gasteiger partial charge >= 0.3 is 6.09 Å². The Morgan fingerprint density at radius 1 is 1.23 bits per heavy atom. The van der Waals surface area contributed by atoms with Gasteiger partial charge in [0.15, 0.2) is 0 Å². The number of nitrogens with one attached hydrogen (secondary N) is 1. The fourth-order valence-corrected chi connectivity index (χ4v) is 4.14. The van der Waals surface area contributed by atoms with E-state index in [2.05, 4.69) is 21.7 Å². The molecule has 2 heterocycles. The minimum atomic E-state index is -0.508. The van der Waals surface area contributed by atoms with Gasteiger partial charge in [-0.1, -0.05) is 25.4 Å². The number of hydrogen-bond acceptors (Lipinski definition) is 5. The van der Waals surface area contributed by atoms with Gasteiger partial charge in [0.25, 0.3) is 0 Å². The maximum Gasteiger partial charge on any atom is 0.411 e. The van der Waals surface area contributed by atoms with Crippen molar-refractivity contribution < 1.29 is 14.6 Å². The first-order valence-corrected chi connectivity index (χ1v) is 10.9. The third kappa shape index (κ3) is 5.19. The molecular weight excluding hydrogens is 420 g/mol. The van der Waals surface area contributed by atoms with Gasteiger partial charge in [-0.2, -0.15) is 0 Å². The average Bonchev–Trinajstić information content (AvgIpc) is 3.17. The van der Waals surface area contributed by atoms with E-state index in [0.29, 0.717) is 10.7 Å². The van der Waals surface area contributed by atoms with Crippen LogP contribution in [0.3, 0.4) is 0 Å². The van der Waals surface area contributed by atoms with E-state index < -0.39 is 11.5 Å². The monoisotopic (exact) mass is 444 g/mol. The lowest BCUT2D eigenvalue weighted by atomic mass is 9.88. The molecule has 2 aromatic heterocycles. The Hall–Kier alpha value is -2.41. The van der Waals surface area contributed by atoms with Crippen molar-refractivity contribution in [1.82, 2.24) is 4.98 Å². The largest absolute Gasteiger partial charge is 0.447 e. The zero-order valence-corrected chi connectivity index (χ0v) is 19.0. The molecule has 1 aromatic carbocycles. The molecule has 30 heavy (non-hydrogen) atoms. The van der Waals surface area contributed by atoms with E-state index in [9.17, 15) is 9.90 Å². The Morgan fingerprint density at radius 2 is 2.00 bits per heavy atom. The number of aliphatic hydroxyl groups is 1. The number of anilines is 1. The summed E-state index contributed by atoms with van der Waals surface area (Å²) < 4.78 is 5.09. The first kappa shape index (κ1) is 22.3. The Kier molecular flexibility index (Phi) is 6.81. The summed E-state index contributed by atoms with van der Waals surface area (Å²) in [6.45, 7) is 7.54. The number of aromatic nitrogens is 1. The van der Waals surface area contributed by atoms with Crippen LogP contribution in [0.15, 0.2) is 48.0 Å². The number of benzene rings is 1. The van der Waals surface area contributed by atoms with Crippen molar-refractivity contribution in [2.45, 2.75) is 39.2 Å². The SMILES string of the molecule is CC(C)OC(=O)Nc1ccc(-c2cc(-c3ccnc(C(C)(C)CO)c3)cs2)c(Cl)c1. The number of carbonyl (C=O) groups is 1. The van der Waals surface area contributed by atoms with Gasteiger partial charge in [-0.05, 0) is 66.8 Å². The van der Waals surface area contributed by atoms with Crippen LogP contribution in [-0.4, -0.2) is 28.9 Å². The Morgan fingerprint density at radius 3 is 2.67 bits per heavy atom. The predicted molar refractivity (Wildman–Crippen MR) is 123 cm³/mol. The molecule has 0 aliphatic rings. The van der Waals surface area contributed by atoms with E-state index in [0.717, 1.165) is 27.3 Å². The van der Waals surface area contributed by atoms with Gasteiger partial charge in [0.1, 0.15) is 0 Å². The fraction of sp³-hybridized carbons (Fsp3) is 0.304. The molecule has 0 radical (unpaired) electrons. The number of pyridine rings is 1. The van der Waals surface area contributed by atoms with Gasteiger partial charge < -0.3 is 9.84 Å². The molecule has 158 valence electrons. The van der Waals surface area contributed by atoms with E-state index >= 15 is 0 Å². The van der Waals surface area contributed by atoms with Crippen molar-refractivity contribution in [3.63, 3.8) is 0 Å². The summed E-state index contributed by atoms with van der Waals surface area (Å²) in [4.78, 5) is 17.2. The molecule has 3 aromatic rings. The zero-order valence-electron chi connectivity index (χ0n) is 17.4. The molecule has 7 heteroatoms. The van der Waals surface area contributed by atoms with Crippen molar-refractivity contribution in [1.29, 1.82) is 0 Å². The lowest BCUT2D eigenvalue weighted by molar-refractivity contribution is 0.130. The van der Waals surface area contributed by atoms with Gasteiger partial charge in [0.05, 0.1) is 17.7 Å². The molecule has 0 spiro atoms. The van der Waals surface area contributed by atoms with E-state index in [1.807, 2.05) is 32.0 Å². The lowest BCUT2D eigenvalue weighted by Crippen LogP contribution is -2.23. The van der Waals surface area contributed by atoms with Crippen LogP contribution in [0.1, 0.15) is 33.4 Å². The quantitative estimate of drug-likeness (QED) is 0.464. The van der Waals surface area contributed by atoms with Gasteiger partial charge in [0, 0.05) is 33.4 Å². The maximum atomic E-state index is 11.8. The number of amides is 1. The summed E-state index contributed by atoms with van der Waals surface area (Å²) in [5, 5.41) is 14.9. The highest BCUT2D eigenvalue weighted by atomic mass is 35.5. The third-order valence-electron chi connectivity index (χ3n) is 4.61. The topological polar surface area (TPSA) is 71.5 Å². The zero-order chi connectivity index (χ0) is 21.9. The Bertz CT molecular complexity index is 1050. The number of rotatable bonds is 6. The highest BCUT2D eigenvalue weighted by molar-refractivity contribution is 7.14. The van der Waals surface area contributed by atoms with Crippen LogP contribution >= 0.6 is 22.9 Å². The number of nitrogens with zero attached hydrogens (tertiary/aromatic N) is 1.